The number of hydrogen-bond acceptors (Lipinski definition) is 4. The first-order valence-electron chi connectivity index (χ1n) is 11.9. The summed E-state index contributed by atoms with van der Waals surface area (Å²) < 4.78 is 1.98. The first kappa shape index (κ1) is 23.6. The Balaban J connectivity index is 1.26. The van der Waals surface area contributed by atoms with Gasteiger partial charge in [0.2, 0.25) is 5.91 Å². The standard InChI is InChI=1S/C28H27ClN4OS/c29-25-14-8-7-13-24(25)27-30-31-28(33(27)23-11-5-2-6-12-23)35-20-26(34)32-17-15-22(16-18-32)19-21-9-3-1-4-10-21/h1-14,22H,15-20H2. The van der Waals surface area contributed by atoms with Gasteiger partial charge >= 0.3 is 0 Å². The number of piperidine rings is 1. The third kappa shape index (κ3) is 5.60. The lowest BCUT2D eigenvalue weighted by molar-refractivity contribution is -0.129. The number of rotatable bonds is 7. The van der Waals surface area contributed by atoms with Gasteiger partial charge in [-0.05, 0) is 55.0 Å². The van der Waals surface area contributed by atoms with Gasteiger partial charge in [0.05, 0.1) is 10.8 Å². The SMILES string of the molecule is O=C(CSc1nnc(-c2ccccc2Cl)n1-c1ccccc1)N1CCC(Cc2ccccc2)CC1. The van der Waals surface area contributed by atoms with Crippen molar-refractivity contribution in [3.63, 3.8) is 0 Å². The van der Waals surface area contributed by atoms with Gasteiger partial charge in [-0.15, -0.1) is 10.2 Å². The molecule has 1 aliphatic rings. The molecule has 3 aromatic carbocycles. The molecule has 0 saturated carbocycles. The van der Waals surface area contributed by atoms with Crippen LogP contribution in [-0.2, 0) is 11.2 Å². The van der Waals surface area contributed by atoms with Crippen LogP contribution in [0.5, 0.6) is 0 Å². The average molecular weight is 503 g/mol. The first-order valence-corrected chi connectivity index (χ1v) is 13.3. The zero-order chi connectivity index (χ0) is 24.0. The van der Waals surface area contributed by atoms with Crippen LogP contribution < -0.4 is 0 Å². The molecule has 4 aromatic rings. The number of hydrogen-bond donors (Lipinski definition) is 0. The summed E-state index contributed by atoms with van der Waals surface area (Å²) in [6, 6.07) is 28.2. The number of amides is 1. The lowest BCUT2D eigenvalue weighted by Gasteiger charge is -2.32. The number of likely N-dealkylation sites (tertiary alicyclic amines) is 1. The van der Waals surface area contributed by atoms with E-state index in [0.29, 0.717) is 27.7 Å². The first-order chi connectivity index (χ1) is 17.2. The lowest BCUT2D eigenvalue weighted by atomic mass is 9.90. The molecule has 0 spiro atoms. The number of thioether (sulfide) groups is 1. The molecule has 0 unspecified atom stereocenters. The molecule has 1 amide bonds. The smallest absolute Gasteiger partial charge is 0.233 e. The lowest BCUT2D eigenvalue weighted by Crippen LogP contribution is -2.39. The van der Waals surface area contributed by atoms with Gasteiger partial charge in [0.1, 0.15) is 0 Å². The van der Waals surface area contributed by atoms with Crippen molar-refractivity contribution >= 4 is 29.3 Å². The highest BCUT2D eigenvalue weighted by Crippen LogP contribution is 2.32. The largest absolute Gasteiger partial charge is 0.342 e. The maximum absolute atomic E-state index is 13.0. The quantitative estimate of drug-likeness (QED) is 0.284. The van der Waals surface area contributed by atoms with Crippen LogP contribution in [0.1, 0.15) is 18.4 Å². The molecule has 0 N–H and O–H groups in total. The van der Waals surface area contributed by atoms with Crippen LogP contribution in [0, 0.1) is 5.92 Å². The molecular weight excluding hydrogens is 476 g/mol. The minimum Gasteiger partial charge on any atom is -0.342 e. The van der Waals surface area contributed by atoms with E-state index in [4.69, 9.17) is 11.6 Å². The predicted molar refractivity (Wildman–Crippen MR) is 142 cm³/mol. The molecule has 1 saturated heterocycles. The van der Waals surface area contributed by atoms with Gasteiger partial charge in [-0.2, -0.15) is 0 Å². The van der Waals surface area contributed by atoms with E-state index < -0.39 is 0 Å². The molecule has 0 atom stereocenters. The number of aromatic nitrogens is 3. The number of benzene rings is 3. The van der Waals surface area contributed by atoms with Crippen molar-refractivity contribution in [1.29, 1.82) is 0 Å². The van der Waals surface area contributed by atoms with Crippen molar-refractivity contribution in [1.82, 2.24) is 19.7 Å². The zero-order valence-corrected chi connectivity index (χ0v) is 21.0. The van der Waals surface area contributed by atoms with Gasteiger partial charge in [-0.1, -0.05) is 84.0 Å². The van der Waals surface area contributed by atoms with Crippen molar-refractivity contribution < 1.29 is 4.79 Å². The van der Waals surface area contributed by atoms with Crippen LogP contribution in [0.15, 0.2) is 90.1 Å². The number of carbonyl (C=O) groups is 1. The van der Waals surface area contributed by atoms with Crippen LogP contribution in [0.4, 0.5) is 0 Å². The summed E-state index contributed by atoms with van der Waals surface area (Å²) >= 11 is 7.89. The summed E-state index contributed by atoms with van der Waals surface area (Å²) in [5.74, 6) is 1.78. The van der Waals surface area contributed by atoms with Crippen molar-refractivity contribution in [3.8, 4) is 17.1 Å². The van der Waals surface area contributed by atoms with Gasteiger partial charge < -0.3 is 4.90 Å². The number of para-hydroxylation sites is 1. The van der Waals surface area contributed by atoms with Gasteiger partial charge in [-0.3, -0.25) is 9.36 Å². The summed E-state index contributed by atoms with van der Waals surface area (Å²) in [4.78, 5) is 15.0. The van der Waals surface area contributed by atoms with Crippen molar-refractivity contribution in [2.75, 3.05) is 18.8 Å². The highest BCUT2D eigenvalue weighted by Gasteiger charge is 2.24. The van der Waals surface area contributed by atoms with E-state index in [0.717, 1.165) is 43.6 Å². The maximum atomic E-state index is 13.0. The molecule has 1 aliphatic heterocycles. The normalized spacial score (nSPS) is 14.3. The Bertz CT molecular complexity index is 1270. The molecule has 5 rings (SSSR count). The molecule has 0 bridgehead atoms. The minimum atomic E-state index is 0.148. The molecule has 0 radical (unpaired) electrons. The predicted octanol–water partition coefficient (Wildman–Crippen LogP) is 6.16. The van der Waals surface area contributed by atoms with Gasteiger partial charge in [0, 0.05) is 24.3 Å². The highest BCUT2D eigenvalue weighted by molar-refractivity contribution is 7.99. The molecule has 1 aromatic heterocycles. The van der Waals surface area contributed by atoms with Crippen molar-refractivity contribution in [2.45, 2.75) is 24.4 Å². The minimum absolute atomic E-state index is 0.148. The molecule has 1 fully saturated rings. The Kier molecular flexibility index (Phi) is 7.50. The second-order valence-corrected chi connectivity index (χ2v) is 10.1. The maximum Gasteiger partial charge on any atom is 0.233 e. The van der Waals surface area contributed by atoms with Crippen LogP contribution in [0.3, 0.4) is 0 Å². The number of nitrogens with zero attached hydrogens (tertiary/aromatic N) is 4. The van der Waals surface area contributed by atoms with Crippen LogP contribution in [0.25, 0.3) is 17.1 Å². The Hall–Kier alpha value is -3.09. The Labute approximate surface area is 215 Å². The third-order valence-electron chi connectivity index (χ3n) is 6.42. The number of halogens is 1. The molecule has 5 nitrogen and oxygen atoms in total. The van der Waals surface area contributed by atoms with E-state index in [1.54, 1.807) is 0 Å². The van der Waals surface area contributed by atoms with E-state index in [9.17, 15) is 4.79 Å². The van der Waals surface area contributed by atoms with E-state index in [-0.39, 0.29) is 5.91 Å². The Morgan fingerprint density at radius 2 is 1.54 bits per heavy atom. The van der Waals surface area contributed by atoms with Crippen LogP contribution in [0.2, 0.25) is 5.02 Å². The monoisotopic (exact) mass is 502 g/mol. The number of carbonyl (C=O) groups excluding carboxylic acids is 1. The van der Waals surface area contributed by atoms with Crippen molar-refractivity contribution in [2.24, 2.45) is 5.92 Å². The zero-order valence-electron chi connectivity index (χ0n) is 19.4. The van der Waals surface area contributed by atoms with E-state index >= 15 is 0 Å². The molecule has 35 heavy (non-hydrogen) atoms. The summed E-state index contributed by atoms with van der Waals surface area (Å²) in [6.45, 7) is 1.63. The van der Waals surface area contributed by atoms with Gasteiger partial charge in [0.25, 0.3) is 0 Å². The Morgan fingerprint density at radius 3 is 2.26 bits per heavy atom. The van der Waals surface area contributed by atoms with Crippen LogP contribution in [-0.4, -0.2) is 44.4 Å². The average Bonchev–Trinajstić information content (AvgIpc) is 3.33. The van der Waals surface area contributed by atoms with E-state index in [2.05, 4.69) is 40.5 Å². The fourth-order valence-corrected chi connectivity index (χ4v) is 5.62. The van der Waals surface area contributed by atoms with Gasteiger partial charge in [-0.25, -0.2) is 0 Å². The van der Waals surface area contributed by atoms with E-state index in [1.165, 1.54) is 17.3 Å². The summed E-state index contributed by atoms with van der Waals surface area (Å²) in [7, 11) is 0. The third-order valence-corrected chi connectivity index (χ3v) is 7.66. The molecule has 2 heterocycles. The van der Waals surface area contributed by atoms with Crippen LogP contribution >= 0.6 is 23.4 Å². The highest BCUT2D eigenvalue weighted by atomic mass is 35.5. The fraction of sp³-hybridized carbons (Fsp3) is 0.250. The molecular formula is C28H27ClN4OS. The second kappa shape index (κ2) is 11.1. The summed E-state index contributed by atoms with van der Waals surface area (Å²) in [6.07, 6.45) is 3.17. The van der Waals surface area contributed by atoms with E-state index in [1.807, 2.05) is 64.1 Å². The van der Waals surface area contributed by atoms with Crippen molar-refractivity contribution in [3.05, 3.63) is 95.5 Å². The summed E-state index contributed by atoms with van der Waals surface area (Å²) in [5.41, 5.74) is 3.12. The van der Waals surface area contributed by atoms with Gasteiger partial charge in [0.15, 0.2) is 11.0 Å². The molecule has 0 aliphatic carbocycles. The summed E-state index contributed by atoms with van der Waals surface area (Å²) in [5, 5.41) is 10.2. The second-order valence-electron chi connectivity index (χ2n) is 8.76. The Morgan fingerprint density at radius 1 is 0.886 bits per heavy atom. The topological polar surface area (TPSA) is 51.0 Å². The molecule has 178 valence electrons. The fourth-order valence-electron chi connectivity index (χ4n) is 4.54. The molecule has 7 heteroatoms.